The van der Waals surface area contributed by atoms with Crippen molar-refractivity contribution in [1.82, 2.24) is 9.55 Å². The van der Waals surface area contributed by atoms with E-state index < -0.39 is 11.7 Å². The fourth-order valence-corrected chi connectivity index (χ4v) is 3.08. The zero-order valence-electron chi connectivity index (χ0n) is 10.4. The highest BCUT2D eigenvalue weighted by molar-refractivity contribution is 7.98. The van der Waals surface area contributed by atoms with Crippen molar-refractivity contribution in [2.45, 2.75) is 19.1 Å². The number of hydrogen-bond donors (Lipinski definition) is 1. The maximum Gasteiger partial charge on any atom is 0.416 e. The third-order valence-corrected chi connectivity index (χ3v) is 4.01. The van der Waals surface area contributed by atoms with E-state index in [1.165, 1.54) is 6.07 Å². The number of H-pyrrole nitrogens is 1. The summed E-state index contributed by atoms with van der Waals surface area (Å²) in [5, 5.41) is 0. The zero-order valence-corrected chi connectivity index (χ0v) is 12.0. The molecular formula is C12H13F3N2S2. The van der Waals surface area contributed by atoms with Gasteiger partial charge in [-0.25, -0.2) is 0 Å². The first kappa shape index (κ1) is 14.5. The van der Waals surface area contributed by atoms with E-state index in [2.05, 4.69) is 4.98 Å². The number of fused-ring (bicyclic) bond motifs is 1. The predicted octanol–water partition coefficient (Wildman–Crippen LogP) is 4.64. The molecule has 0 bridgehead atoms. The Kier molecular flexibility index (Phi) is 3.96. The molecule has 1 atom stereocenters. The number of halogens is 3. The van der Waals surface area contributed by atoms with Crippen LogP contribution in [0.2, 0.25) is 0 Å². The number of aromatic nitrogens is 2. The first-order valence-electron chi connectivity index (χ1n) is 5.65. The summed E-state index contributed by atoms with van der Waals surface area (Å²) in [6, 6.07) is 3.80. The molecule has 0 aliphatic heterocycles. The molecular weight excluding hydrogens is 293 g/mol. The number of thioether (sulfide) groups is 1. The standard InChI is InChI=1S/C12H13F3N2S2/c1-7(6-19-2)17-10-4-3-8(12(13,14)15)5-9(10)16-11(17)18/h3-5,7H,6H2,1-2H3,(H,16,18). The summed E-state index contributed by atoms with van der Waals surface area (Å²) < 4.78 is 40.3. The monoisotopic (exact) mass is 306 g/mol. The average Bonchev–Trinajstić information content (AvgIpc) is 2.62. The molecule has 7 heteroatoms. The molecule has 1 unspecified atom stereocenters. The number of hydrogen-bond acceptors (Lipinski definition) is 2. The van der Waals surface area contributed by atoms with Gasteiger partial charge in [-0.05, 0) is 43.6 Å². The topological polar surface area (TPSA) is 20.7 Å². The Morgan fingerprint density at radius 1 is 1.42 bits per heavy atom. The van der Waals surface area contributed by atoms with Crippen LogP contribution in [0.3, 0.4) is 0 Å². The van der Waals surface area contributed by atoms with Crippen molar-refractivity contribution in [2.24, 2.45) is 0 Å². The third kappa shape index (κ3) is 2.81. The molecule has 1 heterocycles. The van der Waals surface area contributed by atoms with E-state index in [4.69, 9.17) is 12.2 Å². The summed E-state index contributed by atoms with van der Waals surface area (Å²) in [5.74, 6) is 0.849. The van der Waals surface area contributed by atoms with Crippen LogP contribution >= 0.6 is 24.0 Å². The van der Waals surface area contributed by atoms with Gasteiger partial charge in [0, 0.05) is 11.8 Å². The van der Waals surface area contributed by atoms with Crippen molar-refractivity contribution in [3.8, 4) is 0 Å². The first-order valence-corrected chi connectivity index (χ1v) is 7.45. The molecule has 0 aliphatic carbocycles. The van der Waals surface area contributed by atoms with Gasteiger partial charge in [0.25, 0.3) is 0 Å². The van der Waals surface area contributed by atoms with Crippen LogP contribution in [0.4, 0.5) is 13.2 Å². The molecule has 0 aliphatic rings. The average molecular weight is 306 g/mol. The van der Waals surface area contributed by atoms with E-state index >= 15 is 0 Å². The number of nitrogens with zero attached hydrogens (tertiary/aromatic N) is 1. The Hall–Kier alpha value is -0.950. The minimum absolute atomic E-state index is 0.132. The molecule has 0 amide bonds. The lowest BCUT2D eigenvalue weighted by Crippen LogP contribution is -2.08. The Balaban J connectivity index is 2.57. The number of benzene rings is 1. The number of alkyl halides is 3. The van der Waals surface area contributed by atoms with Crippen molar-refractivity contribution < 1.29 is 13.2 Å². The van der Waals surface area contributed by atoms with E-state index in [0.717, 1.165) is 17.9 Å². The summed E-state index contributed by atoms with van der Waals surface area (Å²) in [6.45, 7) is 2.00. The van der Waals surface area contributed by atoms with E-state index in [0.29, 0.717) is 15.8 Å². The highest BCUT2D eigenvalue weighted by atomic mass is 32.2. The van der Waals surface area contributed by atoms with Crippen LogP contribution in [0.1, 0.15) is 18.5 Å². The van der Waals surface area contributed by atoms with E-state index in [1.54, 1.807) is 11.8 Å². The Morgan fingerprint density at radius 3 is 2.68 bits per heavy atom. The van der Waals surface area contributed by atoms with Crippen LogP contribution in [0, 0.1) is 4.77 Å². The van der Waals surface area contributed by atoms with Crippen molar-refractivity contribution in [1.29, 1.82) is 0 Å². The maximum atomic E-state index is 12.7. The molecule has 0 saturated carbocycles. The van der Waals surface area contributed by atoms with Crippen LogP contribution in [-0.4, -0.2) is 21.6 Å². The molecule has 104 valence electrons. The second kappa shape index (κ2) is 5.20. The highest BCUT2D eigenvalue weighted by Crippen LogP contribution is 2.32. The van der Waals surface area contributed by atoms with Crippen LogP contribution in [0.5, 0.6) is 0 Å². The number of nitrogens with one attached hydrogen (secondary N) is 1. The molecule has 2 aromatic rings. The number of rotatable bonds is 3. The lowest BCUT2D eigenvalue weighted by Gasteiger charge is -2.13. The quantitative estimate of drug-likeness (QED) is 0.834. The molecule has 2 nitrogen and oxygen atoms in total. The van der Waals surface area contributed by atoms with Gasteiger partial charge in [0.05, 0.1) is 16.6 Å². The van der Waals surface area contributed by atoms with Gasteiger partial charge in [-0.3, -0.25) is 0 Å². The van der Waals surface area contributed by atoms with Gasteiger partial charge in [0.15, 0.2) is 4.77 Å². The van der Waals surface area contributed by atoms with Gasteiger partial charge in [-0.1, -0.05) is 0 Å². The van der Waals surface area contributed by atoms with E-state index in [9.17, 15) is 13.2 Å². The van der Waals surface area contributed by atoms with Crippen molar-refractivity contribution in [3.63, 3.8) is 0 Å². The Bertz CT molecular complexity index is 642. The smallest absolute Gasteiger partial charge is 0.331 e. The van der Waals surface area contributed by atoms with Crippen LogP contribution < -0.4 is 0 Å². The van der Waals surface area contributed by atoms with Gasteiger partial charge in [0.1, 0.15) is 0 Å². The predicted molar refractivity (Wildman–Crippen MR) is 75.2 cm³/mol. The second-order valence-electron chi connectivity index (χ2n) is 4.33. The maximum absolute atomic E-state index is 12.7. The summed E-state index contributed by atoms with van der Waals surface area (Å²) in [5.41, 5.74) is 0.466. The zero-order chi connectivity index (χ0) is 14.2. The lowest BCUT2D eigenvalue weighted by atomic mass is 10.2. The fraction of sp³-hybridized carbons (Fsp3) is 0.417. The van der Waals surface area contributed by atoms with Gasteiger partial charge >= 0.3 is 6.18 Å². The van der Waals surface area contributed by atoms with Crippen LogP contribution in [-0.2, 0) is 6.18 Å². The van der Waals surface area contributed by atoms with Crippen LogP contribution in [0.15, 0.2) is 18.2 Å². The summed E-state index contributed by atoms with van der Waals surface area (Å²) in [6.07, 6.45) is -2.35. The highest BCUT2D eigenvalue weighted by Gasteiger charge is 2.30. The molecule has 0 fully saturated rings. The molecule has 0 spiro atoms. The van der Waals surface area contributed by atoms with Crippen molar-refractivity contribution in [3.05, 3.63) is 28.5 Å². The molecule has 19 heavy (non-hydrogen) atoms. The summed E-state index contributed by atoms with van der Waals surface area (Å²) >= 11 is 6.87. The largest absolute Gasteiger partial charge is 0.416 e. The first-order chi connectivity index (χ1) is 8.84. The van der Waals surface area contributed by atoms with Crippen molar-refractivity contribution in [2.75, 3.05) is 12.0 Å². The van der Waals surface area contributed by atoms with Gasteiger partial charge < -0.3 is 9.55 Å². The fourth-order valence-electron chi connectivity index (χ4n) is 2.06. The molecule has 1 aromatic heterocycles. The molecule has 1 aromatic carbocycles. The number of imidazole rings is 1. The second-order valence-corrected chi connectivity index (χ2v) is 5.63. The third-order valence-electron chi connectivity index (χ3n) is 2.89. The summed E-state index contributed by atoms with van der Waals surface area (Å²) in [4.78, 5) is 2.85. The van der Waals surface area contributed by atoms with Gasteiger partial charge in [-0.15, -0.1) is 0 Å². The summed E-state index contributed by atoms with van der Waals surface area (Å²) in [7, 11) is 0. The molecule has 0 saturated heterocycles. The molecule has 1 N–H and O–H groups in total. The Labute approximate surface area is 118 Å². The van der Waals surface area contributed by atoms with Crippen LogP contribution in [0.25, 0.3) is 11.0 Å². The van der Waals surface area contributed by atoms with E-state index in [1.807, 2.05) is 17.7 Å². The number of aromatic amines is 1. The van der Waals surface area contributed by atoms with Crippen molar-refractivity contribution >= 4 is 35.0 Å². The molecule has 0 radical (unpaired) electrons. The SMILES string of the molecule is CSCC(C)n1c(=S)[nH]c2cc(C(F)(F)F)ccc21. The molecule has 2 rings (SSSR count). The van der Waals surface area contributed by atoms with Gasteiger partial charge in [-0.2, -0.15) is 24.9 Å². The van der Waals surface area contributed by atoms with Gasteiger partial charge in [0.2, 0.25) is 0 Å². The minimum atomic E-state index is -4.34. The minimum Gasteiger partial charge on any atom is -0.331 e. The Morgan fingerprint density at radius 2 is 2.11 bits per heavy atom. The normalized spacial score (nSPS) is 13.9. The van der Waals surface area contributed by atoms with E-state index in [-0.39, 0.29) is 6.04 Å². The lowest BCUT2D eigenvalue weighted by molar-refractivity contribution is -0.137.